The molecule has 1 aromatic rings. The molecule has 1 aromatic carbocycles. The average Bonchev–Trinajstić information content (AvgIpc) is 2.27. The van der Waals surface area contributed by atoms with Crippen LogP contribution in [-0.2, 0) is 0 Å². The van der Waals surface area contributed by atoms with Gasteiger partial charge < -0.3 is 0 Å². The maximum atomic E-state index is 4.51. The molecule has 0 aliphatic heterocycles. The highest BCUT2D eigenvalue weighted by atomic mass is 15.3. The molecular formula is C14H20N2. The van der Waals surface area contributed by atoms with Crippen LogP contribution in [0.5, 0.6) is 0 Å². The molecule has 0 amide bonds. The number of nitrogens with one attached hydrogen (secondary N) is 1. The van der Waals surface area contributed by atoms with Gasteiger partial charge in [-0.25, -0.2) is 0 Å². The Morgan fingerprint density at radius 2 is 2.25 bits per heavy atom. The first kappa shape index (κ1) is 11.2. The van der Waals surface area contributed by atoms with Crippen LogP contribution < -0.4 is 5.43 Å². The highest BCUT2D eigenvalue weighted by molar-refractivity contribution is 5.85. The van der Waals surface area contributed by atoms with Crippen molar-refractivity contribution in [1.82, 2.24) is 0 Å². The predicted octanol–water partition coefficient (Wildman–Crippen LogP) is 3.97. The van der Waals surface area contributed by atoms with E-state index < -0.39 is 0 Å². The first-order valence-corrected chi connectivity index (χ1v) is 6.12. The highest BCUT2D eigenvalue weighted by Gasteiger charge is 2.13. The molecule has 0 unspecified atom stereocenters. The van der Waals surface area contributed by atoms with Gasteiger partial charge in [-0.05, 0) is 56.2 Å². The zero-order chi connectivity index (χ0) is 11.4. The Morgan fingerprint density at radius 1 is 1.38 bits per heavy atom. The molecule has 0 radical (unpaired) electrons. The number of rotatable bonds is 2. The number of benzene rings is 1. The number of aryl methyl sites for hydroxylation is 1. The lowest BCUT2D eigenvalue weighted by atomic mass is 9.89. The van der Waals surface area contributed by atoms with E-state index in [1.807, 2.05) is 0 Å². The van der Waals surface area contributed by atoms with Crippen molar-refractivity contribution in [3.63, 3.8) is 0 Å². The Bertz CT molecular complexity index is 382. The summed E-state index contributed by atoms with van der Waals surface area (Å²) in [5, 5.41) is 4.51. The number of hydrogen-bond acceptors (Lipinski definition) is 2. The third kappa shape index (κ3) is 3.09. The maximum absolute atomic E-state index is 4.51. The SMILES string of the molecule is Cc1cccc(N/N=C2/CCC[C@H](C)C2)c1. The summed E-state index contributed by atoms with van der Waals surface area (Å²) in [6.45, 7) is 4.41. The van der Waals surface area contributed by atoms with Crippen LogP contribution in [0.4, 0.5) is 5.69 Å². The zero-order valence-corrected chi connectivity index (χ0v) is 10.2. The van der Waals surface area contributed by atoms with Crippen LogP contribution in [0.3, 0.4) is 0 Å². The first-order chi connectivity index (χ1) is 7.74. The van der Waals surface area contributed by atoms with E-state index in [1.54, 1.807) is 0 Å². The monoisotopic (exact) mass is 216 g/mol. The molecule has 2 rings (SSSR count). The molecule has 0 heterocycles. The molecule has 0 bridgehead atoms. The molecule has 0 saturated heterocycles. The van der Waals surface area contributed by atoms with E-state index in [4.69, 9.17) is 0 Å². The number of anilines is 1. The summed E-state index contributed by atoms with van der Waals surface area (Å²) in [6.07, 6.45) is 4.95. The van der Waals surface area contributed by atoms with Crippen LogP contribution in [0, 0.1) is 12.8 Å². The van der Waals surface area contributed by atoms with Gasteiger partial charge in [0.05, 0.1) is 5.69 Å². The lowest BCUT2D eigenvalue weighted by Crippen LogP contribution is -2.13. The molecule has 1 atom stereocenters. The van der Waals surface area contributed by atoms with Crippen molar-refractivity contribution in [2.45, 2.75) is 39.5 Å². The summed E-state index contributed by atoms with van der Waals surface area (Å²) < 4.78 is 0. The Balaban J connectivity index is 1.97. The predicted molar refractivity (Wildman–Crippen MR) is 69.9 cm³/mol. The topological polar surface area (TPSA) is 24.4 Å². The molecule has 86 valence electrons. The third-order valence-electron chi connectivity index (χ3n) is 3.11. The highest BCUT2D eigenvalue weighted by Crippen LogP contribution is 2.21. The van der Waals surface area contributed by atoms with Gasteiger partial charge in [0.25, 0.3) is 0 Å². The van der Waals surface area contributed by atoms with E-state index in [2.05, 4.69) is 48.6 Å². The Labute approximate surface area is 97.8 Å². The van der Waals surface area contributed by atoms with Crippen molar-refractivity contribution < 1.29 is 0 Å². The molecule has 1 aliphatic rings. The van der Waals surface area contributed by atoms with Crippen LogP contribution in [-0.4, -0.2) is 5.71 Å². The fraction of sp³-hybridized carbons (Fsp3) is 0.500. The quantitative estimate of drug-likeness (QED) is 0.743. The van der Waals surface area contributed by atoms with E-state index in [9.17, 15) is 0 Å². The lowest BCUT2D eigenvalue weighted by molar-refractivity contribution is 0.500. The Kier molecular flexibility index (Phi) is 3.60. The Morgan fingerprint density at radius 3 is 3.00 bits per heavy atom. The minimum Gasteiger partial charge on any atom is -0.279 e. The molecule has 16 heavy (non-hydrogen) atoms. The van der Waals surface area contributed by atoms with Gasteiger partial charge in [-0.2, -0.15) is 5.10 Å². The van der Waals surface area contributed by atoms with Crippen LogP contribution >= 0.6 is 0 Å². The molecular weight excluding hydrogens is 196 g/mol. The van der Waals surface area contributed by atoms with Gasteiger partial charge in [0, 0.05) is 5.71 Å². The summed E-state index contributed by atoms with van der Waals surface area (Å²) in [6, 6.07) is 8.34. The first-order valence-electron chi connectivity index (χ1n) is 6.12. The minimum atomic E-state index is 0.798. The van der Waals surface area contributed by atoms with Gasteiger partial charge in [-0.1, -0.05) is 19.1 Å². The Hall–Kier alpha value is -1.31. The van der Waals surface area contributed by atoms with Crippen LogP contribution in [0.25, 0.3) is 0 Å². The van der Waals surface area contributed by atoms with Gasteiger partial charge in [-0.3, -0.25) is 5.43 Å². The van der Waals surface area contributed by atoms with E-state index in [0.717, 1.165) is 24.4 Å². The van der Waals surface area contributed by atoms with Crippen molar-refractivity contribution in [1.29, 1.82) is 0 Å². The molecule has 0 aromatic heterocycles. The molecule has 2 nitrogen and oxygen atoms in total. The molecule has 1 aliphatic carbocycles. The van der Waals surface area contributed by atoms with Crippen molar-refractivity contribution >= 4 is 11.4 Å². The number of hydrogen-bond donors (Lipinski definition) is 1. The van der Waals surface area contributed by atoms with Crippen LogP contribution in [0.1, 0.15) is 38.2 Å². The minimum absolute atomic E-state index is 0.798. The summed E-state index contributed by atoms with van der Waals surface area (Å²) >= 11 is 0. The van der Waals surface area contributed by atoms with E-state index in [-0.39, 0.29) is 0 Å². The zero-order valence-electron chi connectivity index (χ0n) is 10.2. The molecule has 1 N–H and O–H groups in total. The largest absolute Gasteiger partial charge is 0.279 e. The van der Waals surface area contributed by atoms with Crippen molar-refractivity contribution in [3.8, 4) is 0 Å². The van der Waals surface area contributed by atoms with Crippen molar-refractivity contribution in [2.75, 3.05) is 5.43 Å². The van der Waals surface area contributed by atoms with Gasteiger partial charge in [0.2, 0.25) is 0 Å². The van der Waals surface area contributed by atoms with Gasteiger partial charge in [0.15, 0.2) is 0 Å². The van der Waals surface area contributed by atoms with E-state index in [1.165, 1.54) is 24.1 Å². The van der Waals surface area contributed by atoms with E-state index in [0.29, 0.717) is 0 Å². The molecule has 2 heteroatoms. The number of nitrogens with zero attached hydrogens (tertiary/aromatic N) is 1. The lowest BCUT2D eigenvalue weighted by Gasteiger charge is -2.19. The van der Waals surface area contributed by atoms with Crippen molar-refractivity contribution in [2.24, 2.45) is 11.0 Å². The second kappa shape index (κ2) is 5.15. The van der Waals surface area contributed by atoms with Gasteiger partial charge >= 0.3 is 0 Å². The maximum Gasteiger partial charge on any atom is 0.0564 e. The normalized spacial score (nSPS) is 23.4. The van der Waals surface area contributed by atoms with Crippen LogP contribution in [0.2, 0.25) is 0 Å². The van der Waals surface area contributed by atoms with E-state index >= 15 is 0 Å². The van der Waals surface area contributed by atoms with Crippen molar-refractivity contribution in [3.05, 3.63) is 29.8 Å². The summed E-state index contributed by atoms with van der Waals surface area (Å²) in [7, 11) is 0. The van der Waals surface area contributed by atoms with Gasteiger partial charge in [-0.15, -0.1) is 0 Å². The average molecular weight is 216 g/mol. The second-order valence-electron chi connectivity index (χ2n) is 4.86. The molecule has 0 spiro atoms. The standard InChI is InChI=1S/C14H20N2/c1-11-5-3-7-13(9-11)15-16-14-8-4-6-12(2)10-14/h3,5,7,9,12,15H,4,6,8,10H2,1-2H3/b16-14-/t12-/m0/s1. The second-order valence-corrected chi connectivity index (χ2v) is 4.86. The number of hydrazone groups is 1. The molecule has 1 fully saturated rings. The smallest absolute Gasteiger partial charge is 0.0564 e. The summed E-state index contributed by atoms with van der Waals surface area (Å²) in [4.78, 5) is 0. The fourth-order valence-electron chi connectivity index (χ4n) is 2.22. The molecule has 1 saturated carbocycles. The van der Waals surface area contributed by atoms with Crippen LogP contribution in [0.15, 0.2) is 29.4 Å². The summed E-state index contributed by atoms with van der Waals surface area (Å²) in [5.74, 6) is 0.798. The van der Waals surface area contributed by atoms with Gasteiger partial charge in [0.1, 0.15) is 0 Å². The fourth-order valence-corrected chi connectivity index (χ4v) is 2.22. The third-order valence-corrected chi connectivity index (χ3v) is 3.11. The summed E-state index contributed by atoms with van der Waals surface area (Å²) in [5.41, 5.74) is 6.84.